The van der Waals surface area contributed by atoms with E-state index in [1.54, 1.807) is 10.6 Å². The van der Waals surface area contributed by atoms with Gasteiger partial charge in [-0.15, -0.1) is 0 Å². The summed E-state index contributed by atoms with van der Waals surface area (Å²) in [5, 5.41) is 39.5. The fraction of sp³-hybridized carbons (Fsp3) is 0.500. The van der Waals surface area contributed by atoms with Crippen LogP contribution in [0.3, 0.4) is 0 Å². The van der Waals surface area contributed by atoms with E-state index in [0.29, 0.717) is 6.54 Å². The molecule has 1 fully saturated rings. The van der Waals surface area contributed by atoms with Crippen molar-refractivity contribution in [2.24, 2.45) is 0 Å². The Hall–Kier alpha value is -1.68. The molecular formula is C22H29NO6S. The van der Waals surface area contributed by atoms with Crippen LogP contribution in [0.25, 0.3) is 11.1 Å². The summed E-state index contributed by atoms with van der Waals surface area (Å²) in [6.07, 6.45) is -1.18. The lowest BCUT2D eigenvalue weighted by Gasteiger charge is -2.39. The van der Waals surface area contributed by atoms with Gasteiger partial charge in [0.25, 0.3) is 5.56 Å². The third kappa shape index (κ3) is 4.96. The van der Waals surface area contributed by atoms with Crippen molar-refractivity contribution in [1.29, 1.82) is 0 Å². The van der Waals surface area contributed by atoms with Gasteiger partial charge in [-0.05, 0) is 42.2 Å². The number of aryl methyl sites for hydroxylation is 2. The van der Waals surface area contributed by atoms with Gasteiger partial charge in [0.15, 0.2) is 0 Å². The van der Waals surface area contributed by atoms with E-state index in [1.165, 1.54) is 11.8 Å². The SMILES string of the molecule is CCCCn1ccc(-c2ccc(S[C@H]3O[C@H](CO)[C@@H](O)[C@H](O)[C@@H]3O)c(C)c2)cc1=O. The summed E-state index contributed by atoms with van der Waals surface area (Å²) >= 11 is 1.22. The molecule has 0 amide bonds. The molecular weight excluding hydrogens is 406 g/mol. The van der Waals surface area contributed by atoms with Crippen molar-refractivity contribution in [3.8, 4) is 11.1 Å². The molecule has 1 aromatic heterocycles. The zero-order chi connectivity index (χ0) is 21.8. The first kappa shape index (κ1) is 23.0. The molecule has 2 heterocycles. The van der Waals surface area contributed by atoms with Crippen LogP contribution >= 0.6 is 11.8 Å². The molecule has 30 heavy (non-hydrogen) atoms. The number of hydrogen-bond acceptors (Lipinski definition) is 7. The highest BCUT2D eigenvalue weighted by Gasteiger charge is 2.43. The summed E-state index contributed by atoms with van der Waals surface area (Å²) < 4.78 is 7.29. The molecule has 3 rings (SSSR count). The number of ether oxygens (including phenoxy) is 1. The van der Waals surface area contributed by atoms with Crippen molar-refractivity contribution >= 4 is 11.8 Å². The highest BCUT2D eigenvalue weighted by Crippen LogP contribution is 2.36. The van der Waals surface area contributed by atoms with Gasteiger partial charge in [-0.3, -0.25) is 4.79 Å². The van der Waals surface area contributed by atoms with E-state index in [4.69, 9.17) is 4.74 Å². The molecule has 1 aliphatic rings. The van der Waals surface area contributed by atoms with Crippen molar-refractivity contribution in [2.75, 3.05) is 6.61 Å². The van der Waals surface area contributed by atoms with Crippen LogP contribution in [0.2, 0.25) is 0 Å². The number of aromatic nitrogens is 1. The van der Waals surface area contributed by atoms with Crippen LogP contribution in [0.15, 0.2) is 46.2 Å². The molecule has 164 valence electrons. The first-order valence-electron chi connectivity index (χ1n) is 10.1. The molecule has 0 radical (unpaired) electrons. The van der Waals surface area contributed by atoms with Gasteiger partial charge in [0.1, 0.15) is 29.9 Å². The number of pyridine rings is 1. The Labute approximate surface area is 180 Å². The van der Waals surface area contributed by atoms with Crippen molar-refractivity contribution in [3.63, 3.8) is 0 Å². The van der Waals surface area contributed by atoms with Gasteiger partial charge in [0.05, 0.1) is 6.61 Å². The Morgan fingerprint density at radius 1 is 1.07 bits per heavy atom. The second-order valence-electron chi connectivity index (χ2n) is 7.60. The van der Waals surface area contributed by atoms with Crippen molar-refractivity contribution in [1.82, 2.24) is 4.57 Å². The molecule has 5 atom stereocenters. The van der Waals surface area contributed by atoms with E-state index in [-0.39, 0.29) is 5.56 Å². The summed E-state index contributed by atoms with van der Waals surface area (Å²) in [5.41, 5.74) is 1.81. The predicted molar refractivity (Wildman–Crippen MR) is 115 cm³/mol. The number of unbranched alkanes of at least 4 members (excludes halogenated alkanes) is 1. The lowest BCUT2D eigenvalue weighted by atomic mass is 10.0. The molecule has 0 unspecified atom stereocenters. The number of aliphatic hydroxyl groups excluding tert-OH is 4. The zero-order valence-electron chi connectivity index (χ0n) is 17.1. The maximum Gasteiger partial charge on any atom is 0.251 e. The Morgan fingerprint density at radius 3 is 2.43 bits per heavy atom. The maximum absolute atomic E-state index is 12.3. The van der Waals surface area contributed by atoms with E-state index >= 15 is 0 Å². The van der Waals surface area contributed by atoms with Crippen LogP contribution < -0.4 is 5.56 Å². The van der Waals surface area contributed by atoms with Gasteiger partial charge in [0.2, 0.25) is 0 Å². The van der Waals surface area contributed by atoms with E-state index in [9.17, 15) is 25.2 Å². The molecule has 1 aliphatic heterocycles. The summed E-state index contributed by atoms with van der Waals surface area (Å²) in [7, 11) is 0. The minimum atomic E-state index is -1.40. The Balaban J connectivity index is 1.77. The largest absolute Gasteiger partial charge is 0.394 e. The molecule has 8 heteroatoms. The molecule has 7 nitrogen and oxygen atoms in total. The zero-order valence-corrected chi connectivity index (χ0v) is 18.0. The lowest BCUT2D eigenvalue weighted by molar-refractivity contribution is -0.205. The van der Waals surface area contributed by atoms with Crippen molar-refractivity contribution < 1.29 is 25.2 Å². The van der Waals surface area contributed by atoms with Crippen LogP contribution in [-0.2, 0) is 11.3 Å². The van der Waals surface area contributed by atoms with Crippen LogP contribution in [0.4, 0.5) is 0 Å². The lowest BCUT2D eigenvalue weighted by Crippen LogP contribution is -2.57. The predicted octanol–water partition coefficient (Wildman–Crippen LogP) is 1.52. The van der Waals surface area contributed by atoms with E-state index in [1.807, 2.05) is 37.4 Å². The quantitative estimate of drug-likeness (QED) is 0.522. The molecule has 1 aromatic carbocycles. The van der Waals surface area contributed by atoms with Gasteiger partial charge < -0.3 is 29.7 Å². The molecule has 0 aliphatic carbocycles. The van der Waals surface area contributed by atoms with Gasteiger partial charge in [-0.1, -0.05) is 37.2 Å². The second kappa shape index (κ2) is 10.1. The highest BCUT2D eigenvalue weighted by atomic mass is 32.2. The second-order valence-corrected chi connectivity index (χ2v) is 8.74. The number of benzene rings is 1. The monoisotopic (exact) mass is 435 g/mol. The number of hydrogen-bond donors (Lipinski definition) is 4. The molecule has 1 saturated heterocycles. The smallest absolute Gasteiger partial charge is 0.251 e. The first-order valence-corrected chi connectivity index (χ1v) is 11.0. The normalized spacial score (nSPS) is 26.7. The summed E-state index contributed by atoms with van der Waals surface area (Å²) in [6, 6.07) is 9.28. The molecule has 4 N–H and O–H groups in total. The third-order valence-corrected chi connectivity index (χ3v) is 6.68. The highest BCUT2D eigenvalue weighted by molar-refractivity contribution is 7.99. The average Bonchev–Trinajstić information content (AvgIpc) is 2.74. The Morgan fingerprint density at radius 2 is 1.80 bits per heavy atom. The van der Waals surface area contributed by atoms with Crippen molar-refractivity contribution in [3.05, 3.63) is 52.4 Å². The van der Waals surface area contributed by atoms with Crippen LogP contribution in [-0.4, -0.2) is 61.5 Å². The maximum atomic E-state index is 12.3. The van der Waals surface area contributed by atoms with Crippen LogP contribution in [0.5, 0.6) is 0 Å². The van der Waals surface area contributed by atoms with Crippen LogP contribution in [0, 0.1) is 6.92 Å². The fourth-order valence-electron chi connectivity index (χ4n) is 3.45. The van der Waals surface area contributed by atoms with Crippen molar-refractivity contribution in [2.45, 2.75) is 68.0 Å². The third-order valence-electron chi connectivity index (χ3n) is 5.35. The molecule has 0 bridgehead atoms. The van der Waals surface area contributed by atoms with Gasteiger partial charge in [-0.2, -0.15) is 0 Å². The minimum Gasteiger partial charge on any atom is -0.394 e. The topological polar surface area (TPSA) is 112 Å². The standard InChI is InChI=1S/C22H29NO6S/c1-3-4-8-23-9-7-15(11-18(23)25)14-5-6-17(13(2)10-14)30-22-21(28)20(27)19(26)16(12-24)29-22/h5-7,9-11,16,19-22,24,26-28H,3-4,8,12H2,1-2H3/t16-,19-,20+,21+,22-/m1/s1. The summed E-state index contributed by atoms with van der Waals surface area (Å²) in [6.45, 7) is 4.26. The molecule has 0 spiro atoms. The molecule has 2 aromatic rings. The Bertz CT molecular complexity index is 915. The summed E-state index contributed by atoms with van der Waals surface area (Å²) in [4.78, 5) is 13.2. The number of aliphatic hydroxyl groups is 4. The number of rotatable bonds is 7. The van der Waals surface area contributed by atoms with E-state index < -0.39 is 36.5 Å². The van der Waals surface area contributed by atoms with Gasteiger partial charge >= 0.3 is 0 Å². The molecule has 0 saturated carbocycles. The Kier molecular flexibility index (Phi) is 7.73. The first-order chi connectivity index (χ1) is 14.3. The minimum absolute atomic E-state index is 0.0293. The van der Waals surface area contributed by atoms with Crippen LogP contribution in [0.1, 0.15) is 25.3 Å². The number of thioether (sulfide) groups is 1. The average molecular weight is 436 g/mol. The van der Waals surface area contributed by atoms with E-state index in [0.717, 1.165) is 34.4 Å². The number of nitrogens with zero attached hydrogens (tertiary/aromatic N) is 1. The fourth-order valence-corrected chi connectivity index (χ4v) is 4.59. The summed E-state index contributed by atoms with van der Waals surface area (Å²) in [5.74, 6) is 0. The van der Waals surface area contributed by atoms with E-state index in [2.05, 4.69) is 6.92 Å². The van der Waals surface area contributed by atoms with Gasteiger partial charge in [0, 0.05) is 23.7 Å². The van der Waals surface area contributed by atoms with Gasteiger partial charge in [-0.25, -0.2) is 0 Å².